The summed E-state index contributed by atoms with van der Waals surface area (Å²) in [5, 5.41) is 0. The van der Waals surface area contributed by atoms with Crippen molar-refractivity contribution in [2.24, 2.45) is 0 Å². The molecule has 1 heterocycles. The summed E-state index contributed by atoms with van der Waals surface area (Å²) in [6.07, 6.45) is 1.82. The van der Waals surface area contributed by atoms with E-state index in [9.17, 15) is 4.79 Å². The van der Waals surface area contributed by atoms with Crippen LogP contribution in [0.1, 0.15) is 45.2 Å². The van der Waals surface area contributed by atoms with Crippen molar-refractivity contribution in [1.29, 1.82) is 0 Å². The standard InChI is InChI=1S/C15H20BrNO2/c1-15(2,3)19-14(18)17-10-4-5-13(17)11-6-8-12(16)9-7-11/h6-9,13H,4-5,10H2,1-3H3. The van der Waals surface area contributed by atoms with Crippen LogP contribution in [-0.2, 0) is 4.74 Å². The fourth-order valence-electron chi connectivity index (χ4n) is 2.34. The molecule has 1 aliphatic rings. The molecule has 0 bridgehead atoms. The summed E-state index contributed by atoms with van der Waals surface area (Å²) in [5.41, 5.74) is 0.732. The van der Waals surface area contributed by atoms with Crippen LogP contribution in [0.5, 0.6) is 0 Å². The van der Waals surface area contributed by atoms with E-state index >= 15 is 0 Å². The zero-order valence-electron chi connectivity index (χ0n) is 11.6. The van der Waals surface area contributed by atoms with Crippen molar-refractivity contribution in [2.75, 3.05) is 6.54 Å². The number of hydrogen-bond acceptors (Lipinski definition) is 2. The number of benzene rings is 1. The van der Waals surface area contributed by atoms with Crippen LogP contribution < -0.4 is 0 Å². The van der Waals surface area contributed by atoms with Crippen LogP contribution in [0.3, 0.4) is 0 Å². The maximum absolute atomic E-state index is 12.2. The van der Waals surface area contributed by atoms with Crippen LogP contribution >= 0.6 is 15.9 Å². The van der Waals surface area contributed by atoms with Gasteiger partial charge in [-0.25, -0.2) is 4.79 Å². The Morgan fingerprint density at radius 3 is 2.53 bits per heavy atom. The minimum absolute atomic E-state index is 0.142. The first-order valence-electron chi connectivity index (χ1n) is 6.62. The average molecular weight is 326 g/mol. The Morgan fingerprint density at radius 1 is 1.32 bits per heavy atom. The zero-order valence-corrected chi connectivity index (χ0v) is 13.2. The number of hydrogen-bond donors (Lipinski definition) is 0. The van der Waals surface area contributed by atoms with Gasteiger partial charge < -0.3 is 9.64 Å². The number of amides is 1. The fraction of sp³-hybridized carbons (Fsp3) is 0.533. The molecule has 1 atom stereocenters. The normalized spacial score (nSPS) is 19.6. The molecule has 1 amide bonds. The summed E-state index contributed by atoms with van der Waals surface area (Å²) >= 11 is 3.43. The van der Waals surface area contributed by atoms with E-state index in [2.05, 4.69) is 28.1 Å². The monoisotopic (exact) mass is 325 g/mol. The molecule has 0 aromatic heterocycles. The third kappa shape index (κ3) is 3.72. The lowest BCUT2D eigenvalue weighted by Gasteiger charge is -2.28. The van der Waals surface area contributed by atoms with E-state index in [0.29, 0.717) is 0 Å². The Kier molecular flexibility index (Phi) is 4.19. The predicted molar refractivity (Wildman–Crippen MR) is 79.1 cm³/mol. The third-order valence-corrected chi connectivity index (χ3v) is 3.66. The molecule has 0 aliphatic carbocycles. The van der Waals surface area contributed by atoms with Crippen molar-refractivity contribution in [2.45, 2.75) is 45.3 Å². The van der Waals surface area contributed by atoms with Crippen LogP contribution in [0.2, 0.25) is 0 Å². The zero-order chi connectivity index (χ0) is 14.0. The topological polar surface area (TPSA) is 29.5 Å². The molecule has 1 aromatic carbocycles. The molecule has 0 spiro atoms. The Balaban J connectivity index is 2.12. The summed E-state index contributed by atoms with van der Waals surface area (Å²) < 4.78 is 6.53. The predicted octanol–water partition coefficient (Wildman–Crippen LogP) is 4.52. The Morgan fingerprint density at radius 2 is 1.95 bits per heavy atom. The molecular weight excluding hydrogens is 306 g/mol. The summed E-state index contributed by atoms with van der Waals surface area (Å²) in [5.74, 6) is 0. The van der Waals surface area contributed by atoms with Gasteiger partial charge in [-0.05, 0) is 51.3 Å². The number of nitrogens with zero attached hydrogens (tertiary/aromatic N) is 1. The number of carbonyl (C=O) groups is 1. The summed E-state index contributed by atoms with van der Waals surface area (Å²) in [6.45, 7) is 6.47. The second-order valence-corrected chi connectivity index (χ2v) is 6.80. The van der Waals surface area contributed by atoms with Gasteiger partial charge in [-0.15, -0.1) is 0 Å². The average Bonchev–Trinajstić information content (AvgIpc) is 2.76. The molecule has 1 unspecified atom stereocenters. The minimum Gasteiger partial charge on any atom is -0.444 e. The van der Waals surface area contributed by atoms with Gasteiger partial charge in [0.05, 0.1) is 6.04 Å². The van der Waals surface area contributed by atoms with Crippen molar-refractivity contribution in [3.63, 3.8) is 0 Å². The number of halogens is 1. The van der Waals surface area contributed by atoms with Gasteiger partial charge in [0.1, 0.15) is 5.60 Å². The lowest BCUT2D eigenvalue weighted by molar-refractivity contribution is 0.0224. The highest BCUT2D eigenvalue weighted by atomic mass is 79.9. The van der Waals surface area contributed by atoms with Gasteiger partial charge in [0.15, 0.2) is 0 Å². The van der Waals surface area contributed by atoms with Crippen molar-refractivity contribution >= 4 is 22.0 Å². The van der Waals surface area contributed by atoms with E-state index in [4.69, 9.17) is 4.74 Å². The molecule has 1 fully saturated rings. The number of likely N-dealkylation sites (tertiary alicyclic amines) is 1. The van der Waals surface area contributed by atoms with Crippen molar-refractivity contribution in [3.8, 4) is 0 Å². The van der Waals surface area contributed by atoms with E-state index in [1.165, 1.54) is 5.56 Å². The number of ether oxygens (including phenoxy) is 1. The lowest BCUT2D eigenvalue weighted by atomic mass is 10.1. The van der Waals surface area contributed by atoms with Crippen molar-refractivity contribution in [1.82, 2.24) is 4.90 Å². The van der Waals surface area contributed by atoms with Gasteiger partial charge in [0.25, 0.3) is 0 Å². The van der Waals surface area contributed by atoms with E-state index < -0.39 is 5.60 Å². The molecular formula is C15H20BrNO2. The van der Waals surface area contributed by atoms with Crippen LogP contribution in [0.25, 0.3) is 0 Å². The van der Waals surface area contributed by atoms with Gasteiger partial charge in [-0.2, -0.15) is 0 Å². The van der Waals surface area contributed by atoms with Crippen molar-refractivity contribution < 1.29 is 9.53 Å². The van der Waals surface area contributed by atoms with Crippen LogP contribution in [0, 0.1) is 0 Å². The number of carbonyl (C=O) groups excluding carboxylic acids is 1. The highest BCUT2D eigenvalue weighted by Gasteiger charge is 2.32. The highest BCUT2D eigenvalue weighted by Crippen LogP contribution is 2.33. The molecule has 1 aromatic rings. The first kappa shape index (κ1) is 14.4. The highest BCUT2D eigenvalue weighted by molar-refractivity contribution is 9.10. The van der Waals surface area contributed by atoms with Gasteiger partial charge in [-0.1, -0.05) is 28.1 Å². The Bertz CT molecular complexity index is 450. The summed E-state index contributed by atoms with van der Waals surface area (Å²) in [4.78, 5) is 14.0. The Labute approximate surface area is 123 Å². The molecule has 0 N–H and O–H groups in total. The van der Waals surface area contributed by atoms with Crippen LogP contribution in [-0.4, -0.2) is 23.1 Å². The quantitative estimate of drug-likeness (QED) is 0.759. The Hall–Kier alpha value is -1.03. The maximum atomic E-state index is 12.2. The van der Waals surface area contributed by atoms with Gasteiger partial charge in [0, 0.05) is 11.0 Å². The molecule has 4 heteroatoms. The molecule has 1 aliphatic heterocycles. The molecule has 1 saturated heterocycles. The van der Waals surface area contributed by atoms with Gasteiger partial charge in [-0.3, -0.25) is 0 Å². The summed E-state index contributed by atoms with van der Waals surface area (Å²) in [7, 11) is 0. The SMILES string of the molecule is CC(C)(C)OC(=O)N1CCCC1c1ccc(Br)cc1. The van der Waals surface area contributed by atoms with Gasteiger partial charge >= 0.3 is 6.09 Å². The van der Waals surface area contributed by atoms with Gasteiger partial charge in [0.2, 0.25) is 0 Å². The van der Waals surface area contributed by atoms with Crippen LogP contribution in [0.15, 0.2) is 28.7 Å². The van der Waals surface area contributed by atoms with E-state index in [1.54, 1.807) is 0 Å². The fourth-order valence-corrected chi connectivity index (χ4v) is 2.60. The first-order chi connectivity index (χ1) is 8.87. The van der Waals surface area contributed by atoms with E-state index in [-0.39, 0.29) is 12.1 Å². The second-order valence-electron chi connectivity index (χ2n) is 5.88. The largest absolute Gasteiger partial charge is 0.444 e. The third-order valence-electron chi connectivity index (χ3n) is 3.14. The van der Waals surface area contributed by atoms with Crippen LogP contribution in [0.4, 0.5) is 4.79 Å². The van der Waals surface area contributed by atoms with E-state index in [0.717, 1.165) is 23.9 Å². The van der Waals surface area contributed by atoms with Crippen molar-refractivity contribution in [3.05, 3.63) is 34.3 Å². The molecule has 104 valence electrons. The molecule has 2 rings (SSSR count). The molecule has 19 heavy (non-hydrogen) atoms. The molecule has 0 saturated carbocycles. The lowest BCUT2D eigenvalue weighted by Crippen LogP contribution is -2.36. The van der Waals surface area contributed by atoms with E-state index in [1.807, 2.05) is 37.8 Å². The summed E-state index contributed by atoms with van der Waals surface area (Å²) in [6, 6.07) is 8.31. The second kappa shape index (κ2) is 5.53. The smallest absolute Gasteiger partial charge is 0.410 e. The first-order valence-corrected chi connectivity index (χ1v) is 7.41. The minimum atomic E-state index is -0.441. The maximum Gasteiger partial charge on any atom is 0.410 e. The molecule has 0 radical (unpaired) electrons. The molecule has 3 nitrogen and oxygen atoms in total. The number of rotatable bonds is 1.